The molecule has 1 rings (SSSR count). The van der Waals surface area contributed by atoms with Gasteiger partial charge in [-0.05, 0) is 25.3 Å². The number of nitro benzene ring substituents is 1. The standard InChI is InChI=1S/C11H15NO3/c1-2-15-9-3-4-10-5-7-11(8-6-10)12(13)14/h5-8H,2-4,9H2,1H3. The summed E-state index contributed by atoms with van der Waals surface area (Å²) in [5, 5.41) is 10.4. The second-order valence-corrected chi connectivity index (χ2v) is 3.22. The molecule has 0 radical (unpaired) electrons. The molecule has 82 valence electrons. The molecule has 1 aromatic carbocycles. The highest BCUT2D eigenvalue weighted by Gasteiger charge is 2.03. The highest BCUT2D eigenvalue weighted by molar-refractivity contribution is 5.32. The van der Waals surface area contributed by atoms with E-state index < -0.39 is 0 Å². The summed E-state index contributed by atoms with van der Waals surface area (Å²) in [6, 6.07) is 6.67. The van der Waals surface area contributed by atoms with Crippen molar-refractivity contribution < 1.29 is 9.66 Å². The average molecular weight is 209 g/mol. The maximum absolute atomic E-state index is 10.4. The summed E-state index contributed by atoms with van der Waals surface area (Å²) in [6.07, 6.45) is 1.85. The SMILES string of the molecule is CCOCCCc1ccc([N+](=O)[O-])cc1. The molecule has 0 aliphatic rings. The van der Waals surface area contributed by atoms with Crippen molar-refractivity contribution in [1.82, 2.24) is 0 Å². The lowest BCUT2D eigenvalue weighted by molar-refractivity contribution is -0.384. The van der Waals surface area contributed by atoms with Gasteiger partial charge in [0.25, 0.3) is 5.69 Å². The van der Waals surface area contributed by atoms with Gasteiger partial charge in [-0.1, -0.05) is 12.1 Å². The molecule has 0 aliphatic heterocycles. The smallest absolute Gasteiger partial charge is 0.269 e. The highest BCUT2D eigenvalue weighted by atomic mass is 16.6. The van der Waals surface area contributed by atoms with Crippen molar-refractivity contribution in [3.8, 4) is 0 Å². The Morgan fingerprint density at radius 3 is 2.53 bits per heavy atom. The van der Waals surface area contributed by atoms with E-state index >= 15 is 0 Å². The molecule has 0 bridgehead atoms. The van der Waals surface area contributed by atoms with E-state index in [9.17, 15) is 10.1 Å². The van der Waals surface area contributed by atoms with Crippen molar-refractivity contribution in [1.29, 1.82) is 0 Å². The zero-order valence-corrected chi connectivity index (χ0v) is 8.81. The van der Waals surface area contributed by atoms with Crippen molar-refractivity contribution in [2.45, 2.75) is 19.8 Å². The molecule has 0 aliphatic carbocycles. The van der Waals surface area contributed by atoms with Gasteiger partial charge in [0.15, 0.2) is 0 Å². The molecule has 0 saturated carbocycles. The number of aryl methyl sites for hydroxylation is 1. The van der Waals surface area contributed by atoms with Crippen LogP contribution in [0.4, 0.5) is 5.69 Å². The van der Waals surface area contributed by atoms with E-state index in [-0.39, 0.29) is 10.6 Å². The predicted molar refractivity (Wildman–Crippen MR) is 57.9 cm³/mol. The molecular weight excluding hydrogens is 194 g/mol. The first-order valence-electron chi connectivity index (χ1n) is 5.05. The Balaban J connectivity index is 2.39. The minimum absolute atomic E-state index is 0.142. The summed E-state index contributed by atoms with van der Waals surface area (Å²) >= 11 is 0. The molecule has 0 unspecified atom stereocenters. The molecule has 15 heavy (non-hydrogen) atoms. The molecule has 4 heteroatoms. The third kappa shape index (κ3) is 4.08. The van der Waals surface area contributed by atoms with Crippen LogP contribution in [0.5, 0.6) is 0 Å². The van der Waals surface area contributed by atoms with Gasteiger partial charge in [0.1, 0.15) is 0 Å². The van der Waals surface area contributed by atoms with Crippen LogP contribution < -0.4 is 0 Å². The Morgan fingerprint density at radius 1 is 1.33 bits per heavy atom. The molecule has 0 spiro atoms. The van der Waals surface area contributed by atoms with Crippen molar-refractivity contribution in [3.63, 3.8) is 0 Å². The lowest BCUT2D eigenvalue weighted by Gasteiger charge is -2.01. The van der Waals surface area contributed by atoms with Crippen molar-refractivity contribution in [2.75, 3.05) is 13.2 Å². The molecule has 0 atom stereocenters. The Bertz CT molecular complexity index is 308. The third-order valence-corrected chi connectivity index (χ3v) is 2.11. The predicted octanol–water partition coefficient (Wildman–Crippen LogP) is 2.56. The number of rotatable bonds is 6. The minimum atomic E-state index is -0.385. The first kappa shape index (κ1) is 11.7. The molecule has 0 aromatic heterocycles. The summed E-state index contributed by atoms with van der Waals surface area (Å²) in [4.78, 5) is 10.0. The summed E-state index contributed by atoms with van der Waals surface area (Å²) < 4.78 is 5.21. The molecule has 0 heterocycles. The van der Waals surface area contributed by atoms with Crippen molar-refractivity contribution in [3.05, 3.63) is 39.9 Å². The molecular formula is C11H15NO3. The van der Waals surface area contributed by atoms with Gasteiger partial charge in [-0.15, -0.1) is 0 Å². The van der Waals surface area contributed by atoms with Gasteiger partial charge in [0.05, 0.1) is 4.92 Å². The summed E-state index contributed by atoms with van der Waals surface area (Å²) in [6.45, 7) is 3.44. The van der Waals surface area contributed by atoms with Crippen LogP contribution in [-0.2, 0) is 11.2 Å². The van der Waals surface area contributed by atoms with Crippen LogP contribution in [0, 0.1) is 10.1 Å². The maximum atomic E-state index is 10.4. The monoisotopic (exact) mass is 209 g/mol. The number of benzene rings is 1. The van der Waals surface area contributed by atoms with Crippen LogP contribution in [0.25, 0.3) is 0 Å². The van der Waals surface area contributed by atoms with Crippen LogP contribution >= 0.6 is 0 Å². The number of non-ortho nitro benzene ring substituents is 1. The lowest BCUT2D eigenvalue weighted by atomic mass is 10.1. The largest absolute Gasteiger partial charge is 0.382 e. The lowest BCUT2D eigenvalue weighted by Crippen LogP contribution is -1.96. The van der Waals surface area contributed by atoms with E-state index in [1.54, 1.807) is 12.1 Å². The van der Waals surface area contributed by atoms with Crippen molar-refractivity contribution >= 4 is 5.69 Å². The van der Waals surface area contributed by atoms with E-state index in [4.69, 9.17) is 4.74 Å². The van der Waals surface area contributed by atoms with Gasteiger partial charge >= 0.3 is 0 Å². The summed E-state index contributed by atoms with van der Waals surface area (Å²) in [5.41, 5.74) is 1.25. The normalized spacial score (nSPS) is 10.2. The fraction of sp³-hybridized carbons (Fsp3) is 0.455. The molecule has 0 amide bonds. The fourth-order valence-electron chi connectivity index (χ4n) is 1.31. The van der Waals surface area contributed by atoms with Crippen LogP contribution in [0.1, 0.15) is 18.9 Å². The quantitative estimate of drug-likeness (QED) is 0.411. The minimum Gasteiger partial charge on any atom is -0.382 e. The molecule has 0 saturated heterocycles. The Labute approximate surface area is 89.0 Å². The highest BCUT2D eigenvalue weighted by Crippen LogP contribution is 2.12. The second-order valence-electron chi connectivity index (χ2n) is 3.22. The number of nitrogens with zero attached hydrogens (tertiary/aromatic N) is 1. The third-order valence-electron chi connectivity index (χ3n) is 2.11. The average Bonchev–Trinajstić information content (AvgIpc) is 2.25. The zero-order chi connectivity index (χ0) is 11.1. The fourth-order valence-corrected chi connectivity index (χ4v) is 1.31. The second kappa shape index (κ2) is 6.14. The van der Waals surface area contributed by atoms with E-state index in [2.05, 4.69) is 0 Å². The summed E-state index contributed by atoms with van der Waals surface area (Å²) in [5.74, 6) is 0. The zero-order valence-electron chi connectivity index (χ0n) is 8.81. The number of ether oxygens (including phenoxy) is 1. The van der Waals surface area contributed by atoms with Crippen LogP contribution in [0.3, 0.4) is 0 Å². The Morgan fingerprint density at radius 2 is 2.00 bits per heavy atom. The molecule has 4 nitrogen and oxygen atoms in total. The van der Waals surface area contributed by atoms with Crippen LogP contribution in [-0.4, -0.2) is 18.1 Å². The Hall–Kier alpha value is -1.42. The van der Waals surface area contributed by atoms with Gasteiger partial charge in [-0.3, -0.25) is 10.1 Å². The van der Waals surface area contributed by atoms with Gasteiger partial charge in [-0.2, -0.15) is 0 Å². The van der Waals surface area contributed by atoms with Crippen LogP contribution in [0.2, 0.25) is 0 Å². The van der Waals surface area contributed by atoms with Gasteiger partial charge in [0.2, 0.25) is 0 Å². The molecule has 1 aromatic rings. The van der Waals surface area contributed by atoms with Crippen molar-refractivity contribution in [2.24, 2.45) is 0 Å². The maximum Gasteiger partial charge on any atom is 0.269 e. The number of hydrogen-bond donors (Lipinski definition) is 0. The van der Waals surface area contributed by atoms with E-state index in [1.165, 1.54) is 12.1 Å². The number of nitro groups is 1. The first-order chi connectivity index (χ1) is 7.24. The summed E-state index contributed by atoms with van der Waals surface area (Å²) in [7, 11) is 0. The Kier molecular flexibility index (Phi) is 4.77. The van der Waals surface area contributed by atoms with Crippen LogP contribution in [0.15, 0.2) is 24.3 Å². The molecule has 0 N–H and O–H groups in total. The topological polar surface area (TPSA) is 52.4 Å². The van der Waals surface area contributed by atoms with E-state index in [0.29, 0.717) is 0 Å². The first-order valence-corrected chi connectivity index (χ1v) is 5.05. The van der Waals surface area contributed by atoms with Gasteiger partial charge in [-0.25, -0.2) is 0 Å². The van der Waals surface area contributed by atoms with E-state index in [0.717, 1.165) is 31.6 Å². The van der Waals surface area contributed by atoms with Gasteiger partial charge < -0.3 is 4.74 Å². The number of hydrogen-bond acceptors (Lipinski definition) is 3. The molecule has 0 fully saturated rings. The van der Waals surface area contributed by atoms with Gasteiger partial charge in [0, 0.05) is 25.3 Å². The van der Waals surface area contributed by atoms with E-state index in [1.807, 2.05) is 6.92 Å².